The lowest BCUT2D eigenvalue weighted by Gasteiger charge is -2.26. The number of hydrogen-bond acceptors (Lipinski definition) is 0. The van der Waals surface area contributed by atoms with E-state index in [9.17, 15) is 0 Å². The topological polar surface area (TPSA) is 0 Å². The standard InChI is InChI=1S/C11H21P/c1-8-4-2-5-9(8)10-6-3-7-11(10)12/h8-11H,2-7,12H2,1H3/t8-,9+,10-,11-/m0/s1. The van der Waals surface area contributed by atoms with Crippen LogP contribution in [0.25, 0.3) is 0 Å². The third-order valence-electron chi connectivity index (χ3n) is 4.10. The summed E-state index contributed by atoms with van der Waals surface area (Å²) < 4.78 is 0. The Morgan fingerprint density at radius 1 is 0.917 bits per heavy atom. The summed E-state index contributed by atoms with van der Waals surface area (Å²) in [5.74, 6) is 3.17. The molecule has 5 atom stereocenters. The van der Waals surface area contributed by atoms with E-state index in [1.165, 1.54) is 38.5 Å². The van der Waals surface area contributed by atoms with Gasteiger partial charge in [-0.05, 0) is 42.7 Å². The lowest BCUT2D eigenvalue weighted by atomic mass is 9.83. The minimum atomic E-state index is 0.954. The van der Waals surface area contributed by atoms with E-state index in [1.807, 2.05) is 0 Å². The Labute approximate surface area is 78.7 Å². The van der Waals surface area contributed by atoms with Crippen molar-refractivity contribution in [1.82, 2.24) is 0 Å². The highest BCUT2D eigenvalue weighted by atomic mass is 31.0. The molecule has 0 aromatic carbocycles. The molecule has 0 aliphatic heterocycles. The lowest BCUT2D eigenvalue weighted by molar-refractivity contribution is 0.285. The Morgan fingerprint density at radius 2 is 1.58 bits per heavy atom. The summed E-state index contributed by atoms with van der Waals surface area (Å²) in [5, 5.41) is 0. The van der Waals surface area contributed by atoms with Crippen LogP contribution in [-0.2, 0) is 0 Å². The molecule has 0 radical (unpaired) electrons. The molecule has 2 fully saturated rings. The molecule has 12 heavy (non-hydrogen) atoms. The van der Waals surface area contributed by atoms with E-state index in [2.05, 4.69) is 16.2 Å². The highest BCUT2D eigenvalue weighted by Gasteiger charge is 2.36. The molecule has 0 aromatic heterocycles. The third kappa shape index (κ3) is 1.55. The highest BCUT2D eigenvalue weighted by molar-refractivity contribution is 7.17. The zero-order valence-corrected chi connectivity index (χ0v) is 9.28. The van der Waals surface area contributed by atoms with E-state index in [1.54, 1.807) is 0 Å². The van der Waals surface area contributed by atoms with Gasteiger partial charge in [0.05, 0.1) is 0 Å². The molecule has 0 nitrogen and oxygen atoms in total. The van der Waals surface area contributed by atoms with Gasteiger partial charge in [-0.1, -0.05) is 26.2 Å². The summed E-state index contributed by atoms with van der Waals surface area (Å²) in [7, 11) is 3.08. The SMILES string of the molecule is C[C@H]1CCC[C@H]1[C@@H]1CCC[C@@H]1P. The smallest absolute Gasteiger partial charge is 0.0233 e. The van der Waals surface area contributed by atoms with Crippen LogP contribution >= 0.6 is 9.24 Å². The van der Waals surface area contributed by atoms with Crippen molar-refractivity contribution >= 4 is 9.24 Å². The fourth-order valence-corrected chi connectivity index (χ4v) is 4.07. The average molecular weight is 184 g/mol. The minimum Gasteiger partial charge on any atom is -0.134 e. The molecule has 0 heterocycles. The van der Waals surface area contributed by atoms with Crippen molar-refractivity contribution in [3.63, 3.8) is 0 Å². The Kier molecular flexibility index (Phi) is 2.75. The van der Waals surface area contributed by atoms with Crippen molar-refractivity contribution in [1.29, 1.82) is 0 Å². The molecule has 2 aliphatic carbocycles. The van der Waals surface area contributed by atoms with Crippen LogP contribution in [0.15, 0.2) is 0 Å². The Morgan fingerprint density at radius 3 is 2.08 bits per heavy atom. The summed E-state index contributed by atoms with van der Waals surface area (Å²) in [4.78, 5) is 0. The van der Waals surface area contributed by atoms with Crippen LogP contribution in [0.2, 0.25) is 0 Å². The van der Waals surface area contributed by atoms with E-state index in [0.29, 0.717) is 0 Å². The monoisotopic (exact) mass is 184 g/mol. The fraction of sp³-hybridized carbons (Fsp3) is 1.00. The van der Waals surface area contributed by atoms with Gasteiger partial charge in [-0.15, -0.1) is 9.24 Å². The summed E-state index contributed by atoms with van der Waals surface area (Å²) >= 11 is 0. The largest absolute Gasteiger partial charge is 0.134 e. The fourth-order valence-electron chi connectivity index (χ4n) is 3.36. The van der Waals surface area contributed by atoms with Crippen LogP contribution in [-0.4, -0.2) is 5.66 Å². The third-order valence-corrected chi connectivity index (χ3v) is 4.93. The van der Waals surface area contributed by atoms with Gasteiger partial charge in [-0.2, -0.15) is 0 Å². The van der Waals surface area contributed by atoms with Gasteiger partial charge in [-0.25, -0.2) is 0 Å². The summed E-state index contributed by atoms with van der Waals surface area (Å²) in [6.45, 7) is 2.47. The molecule has 1 heteroatoms. The van der Waals surface area contributed by atoms with E-state index in [4.69, 9.17) is 0 Å². The Hall–Kier alpha value is 0.430. The average Bonchev–Trinajstić information content (AvgIpc) is 2.59. The second kappa shape index (κ2) is 3.66. The molecule has 0 saturated heterocycles. The summed E-state index contributed by atoms with van der Waals surface area (Å²) in [6, 6.07) is 0. The maximum atomic E-state index is 3.08. The van der Waals surface area contributed by atoms with Crippen molar-refractivity contribution < 1.29 is 0 Å². The molecule has 2 aliphatic rings. The second-order valence-electron chi connectivity index (χ2n) is 4.83. The zero-order valence-electron chi connectivity index (χ0n) is 8.13. The maximum Gasteiger partial charge on any atom is -0.0233 e. The van der Waals surface area contributed by atoms with Crippen molar-refractivity contribution in [3.8, 4) is 0 Å². The first kappa shape index (κ1) is 9.00. The molecule has 70 valence electrons. The van der Waals surface area contributed by atoms with Gasteiger partial charge >= 0.3 is 0 Å². The van der Waals surface area contributed by atoms with Gasteiger partial charge in [0.25, 0.3) is 0 Å². The molecule has 2 rings (SSSR count). The van der Waals surface area contributed by atoms with Crippen molar-refractivity contribution in [2.45, 2.75) is 51.1 Å². The molecule has 0 N–H and O–H groups in total. The summed E-state index contributed by atoms with van der Waals surface area (Å²) in [5.41, 5.74) is 0.954. The van der Waals surface area contributed by atoms with Crippen LogP contribution in [0, 0.1) is 17.8 Å². The Bertz CT molecular complexity index is 137. The maximum absolute atomic E-state index is 3.08. The van der Waals surface area contributed by atoms with E-state index in [0.717, 1.165) is 23.4 Å². The van der Waals surface area contributed by atoms with Crippen LogP contribution in [0.1, 0.15) is 45.4 Å². The van der Waals surface area contributed by atoms with Crippen molar-refractivity contribution in [2.75, 3.05) is 0 Å². The molecule has 1 unspecified atom stereocenters. The molecular weight excluding hydrogens is 163 g/mol. The van der Waals surface area contributed by atoms with Crippen LogP contribution < -0.4 is 0 Å². The number of hydrogen-bond donors (Lipinski definition) is 0. The van der Waals surface area contributed by atoms with Gasteiger partial charge in [0.1, 0.15) is 0 Å². The molecule has 0 spiro atoms. The molecular formula is C11H21P. The van der Waals surface area contributed by atoms with E-state index >= 15 is 0 Å². The van der Waals surface area contributed by atoms with Crippen molar-refractivity contribution in [3.05, 3.63) is 0 Å². The highest BCUT2D eigenvalue weighted by Crippen LogP contribution is 2.45. The van der Waals surface area contributed by atoms with Gasteiger partial charge in [0.2, 0.25) is 0 Å². The van der Waals surface area contributed by atoms with Crippen LogP contribution in [0.5, 0.6) is 0 Å². The Balaban J connectivity index is 1.98. The normalized spacial score (nSPS) is 48.5. The molecule has 0 bridgehead atoms. The second-order valence-corrected chi connectivity index (χ2v) is 5.69. The van der Waals surface area contributed by atoms with Crippen LogP contribution in [0.4, 0.5) is 0 Å². The number of rotatable bonds is 1. The first-order valence-electron chi connectivity index (χ1n) is 5.54. The van der Waals surface area contributed by atoms with Crippen LogP contribution in [0.3, 0.4) is 0 Å². The predicted octanol–water partition coefficient (Wildman–Crippen LogP) is 3.47. The van der Waals surface area contributed by atoms with Gasteiger partial charge < -0.3 is 0 Å². The molecule has 0 amide bonds. The summed E-state index contributed by atoms with van der Waals surface area (Å²) in [6.07, 6.45) is 9.00. The first-order valence-corrected chi connectivity index (χ1v) is 6.21. The molecule has 2 saturated carbocycles. The lowest BCUT2D eigenvalue weighted by Crippen LogP contribution is -2.20. The van der Waals surface area contributed by atoms with E-state index in [-0.39, 0.29) is 0 Å². The van der Waals surface area contributed by atoms with E-state index < -0.39 is 0 Å². The quantitative estimate of drug-likeness (QED) is 0.547. The van der Waals surface area contributed by atoms with Gasteiger partial charge in [-0.3, -0.25) is 0 Å². The zero-order chi connectivity index (χ0) is 8.55. The van der Waals surface area contributed by atoms with Gasteiger partial charge in [0, 0.05) is 0 Å². The minimum absolute atomic E-state index is 0.954. The first-order chi connectivity index (χ1) is 5.79. The predicted molar refractivity (Wildman–Crippen MR) is 57.3 cm³/mol. The van der Waals surface area contributed by atoms with Crippen molar-refractivity contribution in [2.24, 2.45) is 17.8 Å². The van der Waals surface area contributed by atoms with Gasteiger partial charge in [0.15, 0.2) is 0 Å². The molecule has 0 aromatic rings.